The summed E-state index contributed by atoms with van der Waals surface area (Å²) in [5.41, 5.74) is 9.18. The van der Waals surface area contributed by atoms with Crippen LogP contribution in [-0.4, -0.2) is 45.5 Å². The molecule has 4 atom stereocenters. The van der Waals surface area contributed by atoms with Crippen LogP contribution in [0.25, 0.3) is 0 Å². The zero-order chi connectivity index (χ0) is 22.7. The molecule has 1 saturated carbocycles. The summed E-state index contributed by atoms with van der Waals surface area (Å²) in [7, 11) is 0. The number of thiophene rings is 1. The third-order valence-electron chi connectivity index (χ3n) is 6.07. The Morgan fingerprint density at radius 3 is 2.68 bits per heavy atom. The van der Waals surface area contributed by atoms with E-state index < -0.39 is 6.10 Å². The van der Waals surface area contributed by atoms with Gasteiger partial charge in [-0.2, -0.15) is 0 Å². The van der Waals surface area contributed by atoms with Gasteiger partial charge in [0.05, 0.1) is 29.1 Å². The highest BCUT2D eigenvalue weighted by molar-refractivity contribution is 7.80. The summed E-state index contributed by atoms with van der Waals surface area (Å²) < 4.78 is 0. The number of aliphatic hydroxyl groups excluding tert-OH is 2. The Morgan fingerprint density at radius 1 is 1.39 bits per heavy atom. The first-order chi connectivity index (χ1) is 14.8. The van der Waals surface area contributed by atoms with Gasteiger partial charge in [0.15, 0.2) is 0 Å². The largest absolute Gasteiger partial charge is 0.396 e. The van der Waals surface area contributed by atoms with E-state index in [1.165, 1.54) is 9.75 Å². The molecular weight excluding hydrogens is 428 g/mol. The molecule has 2 heterocycles. The van der Waals surface area contributed by atoms with Crippen LogP contribution in [0.2, 0.25) is 0 Å². The number of anilines is 2. The Kier molecular flexibility index (Phi) is 7.69. The highest BCUT2D eigenvalue weighted by Crippen LogP contribution is 2.37. The van der Waals surface area contributed by atoms with E-state index in [1.807, 2.05) is 13.8 Å². The van der Waals surface area contributed by atoms with Gasteiger partial charge in [-0.25, -0.2) is 4.98 Å². The highest BCUT2D eigenvalue weighted by atomic mass is 32.1. The molecule has 0 bridgehead atoms. The second-order valence-corrected chi connectivity index (χ2v) is 10.0. The zero-order valence-corrected chi connectivity index (χ0v) is 19.9. The number of nitrogens with two attached hydrogens (primary N) is 1. The first-order valence-corrected chi connectivity index (χ1v) is 11.8. The van der Waals surface area contributed by atoms with E-state index in [0.717, 1.165) is 35.7 Å². The second kappa shape index (κ2) is 10.1. The van der Waals surface area contributed by atoms with Crippen molar-refractivity contribution in [2.24, 2.45) is 17.6 Å². The molecule has 1 fully saturated rings. The molecule has 31 heavy (non-hydrogen) atoms. The van der Waals surface area contributed by atoms with Gasteiger partial charge in [0.2, 0.25) is 0 Å². The molecule has 3 rings (SSSR count). The lowest BCUT2D eigenvalue weighted by Crippen LogP contribution is -2.33. The molecule has 0 spiro atoms. The van der Waals surface area contributed by atoms with Crippen LogP contribution >= 0.6 is 23.6 Å². The fourth-order valence-corrected chi connectivity index (χ4v) is 5.54. The Labute approximate surface area is 193 Å². The van der Waals surface area contributed by atoms with Gasteiger partial charge in [-0.15, -0.1) is 17.9 Å². The van der Waals surface area contributed by atoms with Gasteiger partial charge >= 0.3 is 0 Å². The lowest BCUT2D eigenvalue weighted by Gasteiger charge is -2.25. The lowest BCUT2D eigenvalue weighted by molar-refractivity contribution is 0.118. The molecule has 0 aromatic carbocycles. The van der Waals surface area contributed by atoms with E-state index in [9.17, 15) is 10.2 Å². The molecule has 168 valence electrons. The van der Waals surface area contributed by atoms with Crippen LogP contribution in [0.3, 0.4) is 0 Å². The van der Waals surface area contributed by atoms with Gasteiger partial charge in [0.25, 0.3) is 0 Å². The average Bonchev–Trinajstić information content (AvgIpc) is 3.27. The van der Waals surface area contributed by atoms with Gasteiger partial charge < -0.3 is 26.6 Å². The van der Waals surface area contributed by atoms with Crippen molar-refractivity contribution in [2.45, 2.75) is 45.8 Å². The molecule has 4 unspecified atom stereocenters. The Balaban J connectivity index is 1.85. The summed E-state index contributed by atoms with van der Waals surface area (Å²) in [6, 6.07) is 4.05. The fraction of sp³-hybridized carbons (Fsp3) is 0.478. The Morgan fingerprint density at radius 2 is 2.13 bits per heavy atom. The molecule has 2 aromatic rings. The van der Waals surface area contributed by atoms with E-state index in [2.05, 4.69) is 36.3 Å². The molecule has 0 saturated heterocycles. The summed E-state index contributed by atoms with van der Waals surface area (Å²) >= 11 is 7.12. The Hall–Kier alpha value is -2.00. The minimum atomic E-state index is -0.653. The van der Waals surface area contributed by atoms with Crippen molar-refractivity contribution in [3.05, 3.63) is 51.4 Å². The number of aromatic nitrogens is 1. The van der Waals surface area contributed by atoms with E-state index in [1.54, 1.807) is 17.4 Å². The van der Waals surface area contributed by atoms with E-state index in [0.29, 0.717) is 12.0 Å². The number of aliphatic hydroxyl groups is 2. The molecule has 2 aromatic heterocycles. The quantitative estimate of drug-likeness (QED) is 0.289. The number of thiocarbonyl (C=S) groups is 1. The SMILES string of the molecule is C=CC1C(CO)CC(Nc2c(C)c(NCCc3ccc(C)s3)nc(C)c2C(N)=S)C1O. The van der Waals surface area contributed by atoms with Crippen LogP contribution in [0.15, 0.2) is 24.8 Å². The van der Waals surface area contributed by atoms with Crippen molar-refractivity contribution >= 4 is 40.0 Å². The van der Waals surface area contributed by atoms with Crippen molar-refractivity contribution in [3.8, 4) is 0 Å². The molecular formula is C23H32N4O2S2. The van der Waals surface area contributed by atoms with Crippen LogP contribution in [0.4, 0.5) is 11.5 Å². The number of aryl methyl sites for hydroxylation is 2. The monoisotopic (exact) mass is 460 g/mol. The van der Waals surface area contributed by atoms with E-state index >= 15 is 0 Å². The minimum Gasteiger partial charge on any atom is -0.396 e. The van der Waals surface area contributed by atoms with Crippen LogP contribution in [0, 0.1) is 32.6 Å². The molecule has 1 aliphatic carbocycles. The molecule has 6 nitrogen and oxygen atoms in total. The molecule has 8 heteroatoms. The maximum atomic E-state index is 10.8. The van der Waals surface area contributed by atoms with Crippen LogP contribution in [0.1, 0.15) is 33.0 Å². The number of nitrogens with one attached hydrogen (secondary N) is 2. The van der Waals surface area contributed by atoms with E-state index in [4.69, 9.17) is 22.9 Å². The second-order valence-electron chi connectivity index (χ2n) is 8.21. The fourth-order valence-electron chi connectivity index (χ4n) is 4.40. The predicted molar refractivity (Wildman–Crippen MR) is 133 cm³/mol. The van der Waals surface area contributed by atoms with Crippen LogP contribution in [0.5, 0.6) is 0 Å². The van der Waals surface area contributed by atoms with Crippen molar-refractivity contribution in [3.63, 3.8) is 0 Å². The number of hydrogen-bond acceptors (Lipinski definition) is 7. The minimum absolute atomic E-state index is 0.0113. The first kappa shape index (κ1) is 23.7. The van der Waals surface area contributed by atoms with Gasteiger partial charge in [-0.3, -0.25) is 0 Å². The third-order valence-corrected chi connectivity index (χ3v) is 7.34. The van der Waals surface area contributed by atoms with Crippen LogP contribution < -0.4 is 16.4 Å². The number of rotatable bonds is 9. The maximum absolute atomic E-state index is 10.8. The maximum Gasteiger partial charge on any atom is 0.131 e. The van der Waals surface area contributed by atoms with Crippen molar-refractivity contribution < 1.29 is 10.2 Å². The normalized spacial score (nSPS) is 23.0. The highest BCUT2D eigenvalue weighted by Gasteiger charge is 2.41. The van der Waals surface area contributed by atoms with Gasteiger partial charge in [-0.1, -0.05) is 18.3 Å². The zero-order valence-electron chi connectivity index (χ0n) is 18.3. The summed E-state index contributed by atoms with van der Waals surface area (Å²) in [6.45, 7) is 10.6. The standard InChI is InChI=1S/C23H32N4O2S2/c1-5-17-15(11-28)10-18(21(17)29)27-20-13(3)23(26-14(4)19(20)22(24)30)25-9-8-16-7-6-12(2)31-16/h5-7,15,17-18,21,28-29H,1,8-11H2,2-4H3,(H2,24,30)(H2,25,26,27). The van der Waals surface area contributed by atoms with Gasteiger partial charge in [-0.05, 0) is 51.7 Å². The van der Waals surface area contributed by atoms with Gasteiger partial charge in [0.1, 0.15) is 10.8 Å². The summed E-state index contributed by atoms with van der Waals surface area (Å²) in [5.74, 6) is 0.582. The van der Waals surface area contributed by atoms with E-state index in [-0.39, 0.29) is 29.5 Å². The number of nitrogens with zero attached hydrogens (tertiary/aromatic N) is 1. The summed E-state index contributed by atoms with van der Waals surface area (Å²) in [4.78, 5) is 7.62. The molecule has 6 N–H and O–H groups in total. The Bertz CT molecular complexity index is 959. The first-order valence-electron chi connectivity index (χ1n) is 10.5. The molecule has 0 amide bonds. The molecule has 0 aliphatic heterocycles. The molecule has 0 radical (unpaired) electrons. The average molecular weight is 461 g/mol. The number of pyridine rings is 1. The summed E-state index contributed by atoms with van der Waals surface area (Å²) in [5, 5.41) is 27.4. The van der Waals surface area contributed by atoms with Crippen molar-refractivity contribution in [1.82, 2.24) is 4.98 Å². The van der Waals surface area contributed by atoms with Crippen LogP contribution in [-0.2, 0) is 6.42 Å². The van der Waals surface area contributed by atoms with Gasteiger partial charge in [0, 0.05) is 34.4 Å². The molecule has 1 aliphatic rings. The number of hydrogen-bond donors (Lipinski definition) is 5. The predicted octanol–water partition coefficient (Wildman–Crippen LogP) is 3.31. The summed E-state index contributed by atoms with van der Waals surface area (Å²) in [6.07, 6.45) is 2.62. The van der Waals surface area contributed by atoms with Crippen molar-refractivity contribution in [2.75, 3.05) is 23.8 Å². The lowest BCUT2D eigenvalue weighted by atomic mass is 9.96. The topological polar surface area (TPSA) is 103 Å². The third kappa shape index (κ3) is 5.09. The smallest absolute Gasteiger partial charge is 0.131 e. The van der Waals surface area contributed by atoms with Crippen molar-refractivity contribution in [1.29, 1.82) is 0 Å².